The number of carbonyl (C=O) groups excluding carboxylic acids is 2. The molecule has 0 fully saturated rings. The number of halogens is 2. The van der Waals surface area contributed by atoms with Crippen LogP contribution in [0.2, 0.25) is 5.02 Å². The molecule has 0 atom stereocenters. The molecule has 32 heavy (non-hydrogen) atoms. The monoisotopic (exact) mass is 458 g/mol. The molecule has 0 saturated carbocycles. The Balaban J connectivity index is 1.97. The van der Waals surface area contributed by atoms with Crippen molar-refractivity contribution in [2.75, 3.05) is 19.5 Å². The summed E-state index contributed by atoms with van der Waals surface area (Å²) in [5, 5.41) is 5.52. The third kappa shape index (κ3) is 4.78. The smallest absolute Gasteiger partial charge is 0.255 e. The molecular weight excluding hydrogens is 439 g/mol. The van der Waals surface area contributed by atoms with Crippen LogP contribution in [0.25, 0.3) is 0 Å². The van der Waals surface area contributed by atoms with E-state index in [-0.39, 0.29) is 45.5 Å². The lowest BCUT2D eigenvalue weighted by atomic mass is 10.0. The van der Waals surface area contributed by atoms with Gasteiger partial charge in [-0.15, -0.1) is 0 Å². The Morgan fingerprint density at radius 2 is 2.06 bits per heavy atom. The van der Waals surface area contributed by atoms with Crippen molar-refractivity contribution in [2.24, 2.45) is 0 Å². The fourth-order valence-corrected chi connectivity index (χ4v) is 3.10. The van der Waals surface area contributed by atoms with Gasteiger partial charge < -0.3 is 20.1 Å². The quantitative estimate of drug-likeness (QED) is 0.477. The van der Waals surface area contributed by atoms with E-state index in [0.717, 1.165) is 11.6 Å². The van der Waals surface area contributed by atoms with Crippen molar-refractivity contribution in [3.63, 3.8) is 0 Å². The van der Waals surface area contributed by atoms with E-state index in [2.05, 4.69) is 20.6 Å². The van der Waals surface area contributed by atoms with Crippen LogP contribution in [0.15, 0.2) is 36.5 Å². The molecule has 0 aliphatic carbocycles. The summed E-state index contributed by atoms with van der Waals surface area (Å²) in [6.07, 6.45) is 2.31. The van der Waals surface area contributed by atoms with Crippen LogP contribution in [0.5, 0.6) is 17.4 Å². The first-order valence-electron chi connectivity index (χ1n) is 9.55. The number of aldehydes is 1. The van der Waals surface area contributed by atoms with Crippen molar-refractivity contribution < 1.29 is 23.5 Å². The van der Waals surface area contributed by atoms with Crippen molar-refractivity contribution in [1.29, 1.82) is 0 Å². The molecule has 0 saturated heterocycles. The molecule has 1 aromatic heterocycles. The number of ether oxygens (including phenoxy) is 2. The average Bonchev–Trinajstić information content (AvgIpc) is 2.80. The molecule has 2 aromatic carbocycles. The zero-order valence-corrected chi connectivity index (χ0v) is 18.3. The molecule has 8 nitrogen and oxygen atoms in total. The minimum absolute atomic E-state index is 0.00785. The zero-order chi connectivity index (χ0) is 23.3. The summed E-state index contributed by atoms with van der Waals surface area (Å²) < 4.78 is 25.1. The minimum Gasteiger partial charge on any atom is -0.495 e. The lowest BCUT2D eigenvalue weighted by Gasteiger charge is -2.15. The summed E-state index contributed by atoms with van der Waals surface area (Å²) in [5.74, 6) is -0.529. The van der Waals surface area contributed by atoms with E-state index in [9.17, 15) is 14.0 Å². The molecule has 0 radical (unpaired) electrons. The minimum atomic E-state index is -0.736. The number of carbonyl (C=O) groups is 2. The van der Waals surface area contributed by atoms with Gasteiger partial charge in [-0.3, -0.25) is 9.59 Å². The lowest BCUT2D eigenvalue weighted by Crippen LogP contribution is -2.20. The number of methoxy groups -OCH3 is 1. The predicted molar refractivity (Wildman–Crippen MR) is 118 cm³/mol. The van der Waals surface area contributed by atoms with Gasteiger partial charge in [-0.05, 0) is 24.1 Å². The van der Waals surface area contributed by atoms with Crippen LogP contribution in [0, 0.1) is 5.82 Å². The Labute approximate surface area is 188 Å². The van der Waals surface area contributed by atoms with Gasteiger partial charge in [0.05, 0.1) is 30.1 Å². The van der Waals surface area contributed by atoms with Crippen LogP contribution in [-0.2, 0) is 6.42 Å². The molecule has 166 valence electrons. The molecule has 0 spiro atoms. The Bertz CT molecular complexity index is 1170. The Morgan fingerprint density at radius 1 is 1.28 bits per heavy atom. The van der Waals surface area contributed by atoms with Crippen LogP contribution < -0.4 is 20.1 Å². The van der Waals surface area contributed by atoms with Crippen LogP contribution in [0.1, 0.15) is 33.2 Å². The van der Waals surface area contributed by atoms with Crippen LogP contribution >= 0.6 is 11.6 Å². The molecule has 0 unspecified atom stereocenters. The van der Waals surface area contributed by atoms with Gasteiger partial charge in [0.2, 0.25) is 11.8 Å². The number of rotatable bonds is 8. The number of hydrogen-bond acceptors (Lipinski definition) is 7. The second kappa shape index (κ2) is 10.1. The number of hydrogen-bond donors (Lipinski definition) is 2. The summed E-state index contributed by atoms with van der Waals surface area (Å²) in [7, 11) is 2.91. The fourth-order valence-electron chi connectivity index (χ4n) is 2.97. The Hall–Kier alpha value is -3.72. The number of anilines is 2. The molecular formula is C22H20ClFN4O4. The number of aromatic nitrogens is 2. The van der Waals surface area contributed by atoms with E-state index in [4.69, 9.17) is 21.1 Å². The largest absolute Gasteiger partial charge is 0.495 e. The topological polar surface area (TPSA) is 102 Å². The molecule has 2 N–H and O–H groups in total. The lowest BCUT2D eigenvalue weighted by molar-refractivity contribution is 0.0959. The van der Waals surface area contributed by atoms with E-state index in [0.29, 0.717) is 18.3 Å². The van der Waals surface area contributed by atoms with E-state index < -0.39 is 5.82 Å². The van der Waals surface area contributed by atoms with Crippen molar-refractivity contribution in [1.82, 2.24) is 15.3 Å². The van der Waals surface area contributed by atoms with Crippen molar-refractivity contribution in [2.45, 2.75) is 13.3 Å². The van der Waals surface area contributed by atoms with Gasteiger partial charge in [0.1, 0.15) is 22.3 Å². The van der Waals surface area contributed by atoms with Gasteiger partial charge in [0.15, 0.2) is 6.29 Å². The number of nitrogens with one attached hydrogen (secondary N) is 2. The van der Waals surface area contributed by atoms with Crippen LogP contribution in [0.3, 0.4) is 0 Å². The molecule has 10 heteroatoms. The highest BCUT2D eigenvalue weighted by Gasteiger charge is 2.19. The van der Waals surface area contributed by atoms with Gasteiger partial charge in [-0.25, -0.2) is 9.37 Å². The predicted octanol–water partition coefficient (Wildman–Crippen LogP) is 4.55. The highest BCUT2D eigenvalue weighted by Crippen LogP contribution is 2.34. The van der Waals surface area contributed by atoms with Gasteiger partial charge in [0, 0.05) is 13.1 Å². The summed E-state index contributed by atoms with van der Waals surface area (Å²) >= 11 is 6.21. The first kappa shape index (κ1) is 23.0. The van der Waals surface area contributed by atoms with Crippen molar-refractivity contribution in [3.05, 3.63) is 64.1 Å². The number of nitrogens with zero attached hydrogens (tertiary/aromatic N) is 2. The summed E-state index contributed by atoms with van der Waals surface area (Å²) in [5.41, 5.74) is 1.21. The average molecular weight is 459 g/mol. The summed E-state index contributed by atoms with van der Waals surface area (Å²) in [6.45, 7) is 1.92. The molecule has 0 bridgehead atoms. The molecule has 0 aliphatic heterocycles. The van der Waals surface area contributed by atoms with E-state index >= 15 is 0 Å². The highest BCUT2D eigenvalue weighted by atomic mass is 35.5. The normalized spacial score (nSPS) is 10.4. The third-order valence-electron chi connectivity index (χ3n) is 4.56. The first-order chi connectivity index (χ1) is 15.4. The van der Waals surface area contributed by atoms with E-state index in [1.54, 1.807) is 12.1 Å². The number of amides is 1. The molecule has 3 rings (SSSR count). The summed E-state index contributed by atoms with van der Waals surface area (Å²) in [6, 6.07) is 7.57. The number of benzene rings is 2. The zero-order valence-electron chi connectivity index (χ0n) is 17.5. The molecule has 1 amide bonds. The van der Waals surface area contributed by atoms with Crippen molar-refractivity contribution >= 4 is 35.4 Å². The molecule has 0 aliphatic rings. The van der Waals surface area contributed by atoms with Gasteiger partial charge >= 0.3 is 0 Å². The second-order valence-electron chi connectivity index (χ2n) is 6.49. The van der Waals surface area contributed by atoms with Crippen LogP contribution in [0.4, 0.5) is 16.0 Å². The van der Waals surface area contributed by atoms with Gasteiger partial charge in [-0.2, -0.15) is 4.98 Å². The first-order valence-corrected chi connectivity index (χ1v) is 9.93. The van der Waals surface area contributed by atoms with E-state index in [1.807, 2.05) is 13.0 Å². The fraction of sp³-hybridized carbons (Fsp3) is 0.182. The van der Waals surface area contributed by atoms with E-state index in [1.165, 1.54) is 26.4 Å². The molecule has 3 aromatic rings. The maximum Gasteiger partial charge on any atom is 0.255 e. The maximum atomic E-state index is 14.1. The highest BCUT2D eigenvalue weighted by molar-refractivity contribution is 6.31. The third-order valence-corrected chi connectivity index (χ3v) is 4.82. The standard InChI is InChI=1S/C22H20ClFN4O4/c1-4-12-6-5-7-17(19(12)20(30)25-2)32-21-14(23)10-26-22(28-21)27-16-9-15(24)13(11-29)8-18(16)31-3/h5-11H,4H2,1-3H3,(H,25,30)(H,26,27,28). The maximum absolute atomic E-state index is 14.1. The Kier molecular flexibility index (Phi) is 7.21. The van der Waals surface area contributed by atoms with Crippen LogP contribution in [-0.4, -0.2) is 36.3 Å². The SMILES string of the molecule is CCc1cccc(Oc2nc(Nc3cc(F)c(C=O)cc3OC)ncc2Cl)c1C(=O)NC. The summed E-state index contributed by atoms with van der Waals surface area (Å²) in [4.78, 5) is 31.7. The second-order valence-corrected chi connectivity index (χ2v) is 6.90. The number of aryl methyl sites for hydroxylation is 1. The van der Waals surface area contributed by atoms with Crippen molar-refractivity contribution in [3.8, 4) is 17.4 Å². The Morgan fingerprint density at radius 3 is 2.72 bits per heavy atom. The van der Waals surface area contributed by atoms with Gasteiger partial charge in [-0.1, -0.05) is 30.7 Å². The molecule has 1 heterocycles. The van der Waals surface area contributed by atoms with Gasteiger partial charge in [0.25, 0.3) is 5.91 Å².